The Labute approximate surface area is 122 Å². The van der Waals surface area contributed by atoms with Gasteiger partial charge in [-0.1, -0.05) is 23.7 Å². The van der Waals surface area contributed by atoms with E-state index in [0.717, 1.165) is 0 Å². The van der Waals surface area contributed by atoms with Crippen molar-refractivity contribution in [3.63, 3.8) is 0 Å². The Morgan fingerprint density at radius 2 is 2.15 bits per heavy atom. The molecule has 0 bridgehead atoms. The molecule has 1 amide bonds. The zero-order valence-electron chi connectivity index (χ0n) is 11.2. The topological polar surface area (TPSA) is 55.8 Å². The first-order chi connectivity index (χ1) is 9.61. The average Bonchev–Trinajstić information content (AvgIpc) is 2.95. The monoisotopic (exact) mass is 297 g/mol. The third-order valence-corrected chi connectivity index (χ3v) is 3.58. The maximum atomic E-state index is 12.0. The molecule has 1 unspecified atom stereocenters. The highest BCUT2D eigenvalue weighted by molar-refractivity contribution is 6.32. The highest BCUT2D eigenvalue weighted by Gasteiger charge is 2.31. The van der Waals surface area contributed by atoms with E-state index in [-0.39, 0.29) is 24.4 Å². The van der Waals surface area contributed by atoms with Crippen molar-refractivity contribution in [1.29, 1.82) is 0 Å². The van der Waals surface area contributed by atoms with E-state index in [0.29, 0.717) is 30.3 Å². The van der Waals surface area contributed by atoms with Crippen molar-refractivity contribution in [1.82, 2.24) is 4.90 Å². The molecule has 0 spiro atoms. The van der Waals surface area contributed by atoms with Gasteiger partial charge in [-0.3, -0.25) is 9.59 Å². The maximum absolute atomic E-state index is 12.0. The second kappa shape index (κ2) is 6.61. The number of nitrogens with zero attached hydrogens (tertiary/aromatic N) is 1. The first kappa shape index (κ1) is 14.7. The summed E-state index contributed by atoms with van der Waals surface area (Å²) in [6.45, 7) is 0.847. The molecule has 6 heteroatoms. The lowest BCUT2D eigenvalue weighted by molar-refractivity contribution is -0.145. The van der Waals surface area contributed by atoms with E-state index < -0.39 is 0 Å². The lowest BCUT2D eigenvalue weighted by atomic mass is 10.1. The van der Waals surface area contributed by atoms with Crippen LogP contribution in [0.15, 0.2) is 24.3 Å². The van der Waals surface area contributed by atoms with Crippen LogP contribution in [-0.4, -0.2) is 43.6 Å². The number of hydrogen-bond donors (Lipinski definition) is 0. The first-order valence-electron chi connectivity index (χ1n) is 6.34. The lowest BCUT2D eigenvalue weighted by Crippen LogP contribution is -2.34. The number of carbonyl (C=O) groups excluding carboxylic acids is 2. The van der Waals surface area contributed by atoms with E-state index in [9.17, 15) is 9.59 Å². The predicted molar refractivity (Wildman–Crippen MR) is 73.7 cm³/mol. The normalized spacial score (nSPS) is 17.9. The van der Waals surface area contributed by atoms with Crippen LogP contribution in [0.25, 0.3) is 0 Å². The van der Waals surface area contributed by atoms with E-state index in [1.807, 2.05) is 0 Å². The summed E-state index contributed by atoms with van der Waals surface area (Å²) in [4.78, 5) is 25.0. The Kier molecular flexibility index (Phi) is 4.84. The van der Waals surface area contributed by atoms with Crippen LogP contribution in [0.3, 0.4) is 0 Å². The maximum Gasteiger partial charge on any atom is 0.310 e. The molecule has 0 N–H and O–H groups in total. The van der Waals surface area contributed by atoms with Gasteiger partial charge in [0.05, 0.1) is 18.1 Å². The van der Waals surface area contributed by atoms with Crippen LogP contribution in [0.2, 0.25) is 5.02 Å². The minimum Gasteiger partial charge on any atom is -0.482 e. The molecule has 0 aliphatic carbocycles. The zero-order valence-corrected chi connectivity index (χ0v) is 11.9. The number of ether oxygens (including phenoxy) is 2. The van der Waals surface area contributed by atoms with Crippen LogP contribution in [-0.2, 0) is 14.3 Å². The van der Waals surface area contributed by atoms with Gasteiger partial charge >= 0.3 is 5.97 Å². The van der Waals surface area contributed by atoms with Gasteiger partial charge in [-0.2, -0.15) is 0 Å². The van der Waals surface area contributed by atoms with Crippen molar-refractivity contribution in [2.75, 3.05) is 26.8 Å². The zero-order chi connectivity index (χ0) is 14.5. The van der Waals surface area contributed by atoms with Gasteiger partial charge in [-0.15, -0.1) is 0 Å². The number of rotatable bonds is 4. The van der Waals surface area contributed by atoms with Crippen molar-refractivity contribution < 1.29 is 19.1 Å². The van der Waals surface area contributed by atoms with Gasteiger partial charge < -0.3 is 14.4 Å². The van der Waals surface area contributed by atoms with E-state index >= 15 is 0 Å². The fourth-order valence-corrected chi connectivity index (χ4v) is 2.33. The molecule has 1 aliphatic heterocycles. The summed E-state index contributed by atoms with van der Waals surface area (Å²) in [5.74, 6) is -0.181. The summed E-state index contributed by atoms with van der Waals surface area (Å²) < 4.78 is 10.1. The smallest absolute Gasteiger partial charge is 0.310 e. The quantitative estimate of drug-likeness (QED) is 0.794. The van der Waals surface area contributed by atoms with Crippen LogP contribution in [0, 0.1) is 5.92 Å². The molecule has 1 aromatic carbocycles. The number of amides is 1. The standard InChI is InChI=1S/C14H16ClNO4/c1-19-14(18)10-6-7-16(8-10)13(17)9-20-12-5-3-2-4-11(12)15/h2-5,10H,6-9H2,1H3. The van der Waals surface area contributed by atoms with Crippen LogP contribution in [0.1, 0.15) is 6.42 Å². The molecule has 1 aliphatic rings. The Hall–Kier alpha value is -1.75. The molecule has 20 heavy (non-hydrogen) atoms. The van der Waals surface area contributed by atoms with Gasteiger partial charge in [0.25, 0.3) is 5.91 Å². The van der Waals surface area contributed by atoms with Gasteiger partial charge in [-0.25, -0.2) is 0 Å². The molecule has 0 aromatic heterocycles. The molecule has 0 saturated carbocycles. The summed E-state index contributed by atoms with van der Waals surface area (Å²) in [6, 6.07) is 6.98. The summed E-state index contributed by atoms with van der Waals surface area (Å²) >= 11 is 5.94. The molecule has 1 aromatic rings. The number of halogens is 1. The minimum absolute atomic E-state index is 0.0857. The van der Waals surface area contributed by atoms with Gasteiger partial charge in [0, 0.05) is 13.1 Å². The number of hydrogen-bond acceptors (Lipinski definition) is 4. The van der Waals surface area contributed by atoms with Crippen molar-refractivity contribution in [3.05, 3.63) is 29.3 Å². The number of esters is 1. The average molecular weight is 298 g/mol. The molecular weight excluding hydrogens is 282 g/mol. The van der Waals surface area contributed by atoms with Crippen molar-refractivity contribution in [2.45, 2.75) is 6.42 Å². The third-order valence-electron chi connectivity index (χ3n) is 3.26. The summed E-state index contributed by atoms with van der Waals surface area (Å²) in [5.41, 5.74) is 0. The minimum atomic E-state index is -0.271. The molecular formula is C14H16ClNO4. The van der Waals surface area contributed by atoms with Crippen LogP contribution in [0.5, 0.6) is 5.75 Å². The molecule has 1 fully saturated rings. The van der Waals surface area contributed by atoms with Gasteiger partial charge in [0.1, 0.15) is 5.75 Å². The second-order valence-corrected chi connectivity index (χ2v) is 4.97. The fraction of sp³-hybridized carbons (Fsp3) is 0.429. The van der Waals surface area contributed by atoms with Gasteiger partial charge in [0.2, 0.25) is 0 Å². The van der Waals surface area contributed by atoms with Crippen molar-refractivity contribution in [3.8, 4) is 5.75 Å². The predicted octanol–water partition coefficient (Wildman–Crippen LogP) is 1.74. The Balaban J connectivity index is 1.85. The lowest BCUT2D eigenvalue weighted by Gasteiger charge is -2.16. The largest absolute Gasteiger partial charge is 0.482 e. The van der Waals surface area contributed by atoms with Gasteiger partial charge in [-0.05, 0) is 18.6 Å². The second-order valence-electron chi connectivity index (χ2n) is 4.57. The highest BCUT2D eigenvalue weighted by atomic mass is 35.5. The van der Waals surface area contributed by atoms with E-state index in [2.05, 4.69) is 4.74 Å². The summed E-state index contributed by atoms with van der Waals surface area (Å²) in [5, 5.41) is 0.467. The number of carbonyl (C=O) groups is 2. The Morgan fingerprint density at radius 3 is 2.85 bits per heavy atom. The number of benzene rings is 1. The molecule has 5 nitrogen and oxygen atoms in total. The van der Waals surface area contributed by atoms with Crippen molar-refractivity contribution in [2.24, 2.45) is 5.92 Å². The number of para-hydroxylation sites is 1. The van der Waals surface area contributed by atoms with Crippen LogP contribution in [0.4, 0.5) is 0 Å². The molecule has 2 rings (SSSR count). The molecule has 1 heterocycles. The number of methoxy groups -OCH3 is 1. The Bertz CT molecular complexity index is 506. The first-order valence-corrected chi connectivity index (χ1v) is 6.72. The van der Waals surface area contributed by atoms with Crippen LogP contribution < -0.4 is 4.74 Å². The summed E-state index contributed by atoms with van der Waals surface area (Å²) in [7, 11) is 1.35. The molecule has 1 atom stereocenters. The van der Waals surface area contributed by atoms with E-state index in [1.54, 1.807) is 29.2 Å². The highest BCUT2D eigenvalue weighted by Crippen LogP contribution is 2.23. The molecule has 1 saturated heterocycles. The summed E-state index contributed by atoms with van der Waals surface area (Å²) in [6.07, 6.45) is 0.629. The Morgan fingerprint density at radius 1 is 1.40 bits per heavy atom. The SMILES string of the molecule is COC(=O)C1CCN(C(=O)COc2ccccc2Cl)C1. The fourth-order valence-electron chi connectivity index (χ4n) is 2.14. The molecule has 0 radical (unpaired) electrons. The third kappa shape index (κ3) is 3.42. The van der Waals surface area contributed by atoms with E-state index in [1.165, 1.54) is 7.11 Å². The molecule has 108 valence electrons. The van der Waals surface area contributed by atoms with Crippen molar-refractivity contribution >= 4 is 23.5 Å². The van der Waals surface area contributed by atoms with E-state index in [4.69, 9.17) is 16.3 Å². The number of likely N-dealkylation sites (tertiary alicyclic amines) is 1. The van der Waals surface area contributed by atoms with Crippen LogP contribution >= 0.6 is 11.6 Å². The van der Waals surface area contributed by atoms with Gasteiger partial charge in [0.15, 0.2) is 6.61 Å².